The van der Waals surface area contributed by atoms with Crippen LogP contribution in [0.15, 0.2) is 195 Å². The summed E-state index contributed by atoms with van der Waals surface area (Å²) in [5.41, 5.74) is 10.0. The van der Waals surface area contributed by atoms with E-state index in [-0.39, 0.29) is 0 Å². The van der Waals surface area contributed by atoms with Crippen LogP contribution in [0.4, 0.5) is 0 Å². The average Bonchev–Trinajstić information content (AvgIpc) is 3.32. The first-order chi connectivity index (χ1) is 28.7. The molecule has 0 unspecified atom stereocenters. The van der Waals surface area contributed by atoms with E-state index in [9.17, 15) is 0 Å². The molecule has 11 aromatic rings. The molecule has 0 aliphatic carbocycles. The molecule has 4 aromatic heterocycles. The van der Waals surface area contributed by atoms with Gasteiger partial charge in [0.1, 0.15) is 0 Å². The summed E-state index contributed by atoms with van der Waals surface area (Å²) in [6, 6.07) is 59.0. The predicted octanol–water partition coefficient (Wildman–Crippen LogP) is 12.7. The van der Waals surface area contributed by atoms with E-state index in [1.54, 1.807) is 0 Å². The molecule has 4 heterocycles. The van der Waals surface area contributed by atoms with E-state index in [0.29, 0.717) is 17.5 Å². The molecule has 0 aliphatic rings. The smallest absolute Gasteiger partial charge is 0.164 e. The van der Waals surface area contributed by atoms with Gasteiger partial charge in [0, 0.05) is 63.2 Å². The summed E-state index contributed by atoms with van der Waals surface area (Å²) in [6.07, 6.45) is 7.23. The Morgan fingerprint density at radius 3 is 1.05 bits per heavy atom. The summed E-state index contributed by atoms with van der Waals surface area (Å²) in [4.78, 5) is 28.9. The van der Waals surface area contributed by atoms with Crippen molar-refractivity contribution in [2.45, 2.75) is 0 Å². The standard InChI is InChI=1S/C52H32N6/c1-3-9-43-41(7-1)42-8-2-4-10-44(42)48-47(43)45-11-5-6-12-46(45)55-49(48)37-17-23-40(24-18-37)52-57-50(38-19-13-33(14-20-38)35-25-29-53-30-26-35)56-51(58-52)39-21-15-34(16-22-39)36-27-31-54-32-28-36/h1-32H. The molecular formula is C52H32N6. The Balaban J connectivity index is 1.05. The Kier molecular flexibility index (Phi) is 8.04. The Labute approximate surface area is 334 Å². The SMILES string of the molecule is c1ccc2c(c1)nc(-c1ccc(-c3nc(-c4ccc(-c5ccncc5)cc4)nc(-c4ccc(-c5ccncc5)cc4)n3)cc1)c1c3ccccc3c3ccccc3c21. The van der Waals surface area contributed by atoms with E-state index < -0.39 is 0 Å². The van der Waals surface area contributed by atoms with Crippen LogP contribution in [-0.2, 0) is 0 Å². The maximum atomic E-state index is 5.35. The zero-order valence-corrected chi connectivity index (χ0v) is 31.2. The average molecular weight is 741 g/mol. The lowest BCUT2D eigenvalue weighted by atomic mass is 9.90. The van der Waals surface area contributed by atoms with Gasteiger partial charge in [0.2, 0.25) is 0 Å². The maximum absolute atomic E-state index is 5.35. The highest BCUT2D eigenvalue weighted by Gasteiger charge is 2.18. The zero-order chi connectivity index (χ0) is 38.4. The van der Waals surface area contributed by atoms with E-state index in [4.69, 9.17) is 19.9 Å². The van der Waals surface area contributed by atoms with Crippen molar-refractivity contribution in [3.63, 3.8) is 0 Å². The van der Waals surface area contributed by atoms with E-state index in [2.05, 4.69) is 156 Å². The Hall–Kier alpha value is -7.96. The number of pyridine rings is 3. The lowest BCUT2D eigenvalue weighted by Crippen LogP contribution is -2.00. The molecule has 11 rings (SSSR count). The molecule has 0 amide bonds. The van der Waals surface area contributed by atoms with E-state index in [1.807, 2.05) is 49.1 Å². The number of hydrogen-bond acceptors (Lipinski definition) is 6. The highest BCUT2D eigenvalue weighted by Crippen LogP contribution is 2.43. The molecule has 0 saturated heterocycles. The number of aromatic nitrogens is 6. The largest absolute Gasteiger partial charge is 0.265 e. The van der Waals surface area contributed by atoms with E-state index >= 15 is 0 Å². The lowest BCUT2D eigenvalue weighted by molar-refractivity contribution is 1.07. The Bertz CT molecular complexity index is 3190. The first-order valence-corrected chi connectivity index (χ1v) is 19.3. The number of benzene rings is 7. The molecule has 0 spiro atoms. The summed E-state index contributed by atoms with van der Waals surface area (Å²) < 4.78 is 0. The van der Waals surface area contributed by atoms with Crippen LogP contribution in [-0.4, -0.2) is 29.9 Å². The van der Waals surface area contributed by atoms with Crippen molar-refractivity contribution in [3.8, 4) is 67.7 Å². The number of hydrogen-bond donors (Lipinski definition) is 0. The molecular weight excluding hydrogens is 709 g/mol. The van der Waals surface area contributed by atoms with Crippen LogP contribution >= 0.6 is 0 Å². The molecule has 0 bridgehead atoms. The molecule has 58 heavy (non-hydrogen) atoms. The van der Waals surface area contributed by atoms with Gasteiger partial charge in [-0.15, -0.1) is 0 Å². The van der Waals surface area contributed by atoms with Crippen LogP contribution in [0, 0.1) is 0 Å². The minimum atomic E-state index is 0.593. The normalized spacial score (nSPS) is 11.4. The van der Waals surface area contributed by atoms with E-state index in [1.165, 1.54) is 26.9 Å². The van der Waals surface area contributed by atoms with Crippen LogP contribution in [0.5, 0.6) is 0 Å². The number of nitrogens with zero attached hydrogens (tertiary/aromatic N) is 6. The molecule has 0 fully saturated rings. The molecule has 0 radical (unpaired) electrons. The van der Waals surface area contributed by atoms with Crippen molar-refractivity contribution < 1.29 is 0 Å². The van der Waals surface area contributed by atoms with Gasteiger partial charge in [0.15, 0.2) is 17.5 Å². The highest BCUT2D eigenvalue weighted by atomic mass is 15.0. The van der Waals surface area contributed by atoms with E-state index in [0.717, 1.165) is 66.5 Å². The van der Waals surface area contributed by atoms with Crippen molar-refractivity contribution in [1.82, 2.24) is 29.9 Å². The quantitative estimate of drug-likeness (QED) is 0.158. The van der Waals surface area contributed by atoms with Gasteiger partial charge >= 0.3 is 0 Å². The number of para-hydroxylation sites is 1. The lowest BCUT2D eigenvalue weighted by Gasteiger charge is -2.16. The number of rotatable bonds is 6. The third kappa shape index (κ3) is 5.83. The van der Waals surface area contributed by atoms with Crippen molar-refractivity contribution in [1.29, 1.82) is 0 Å². The topological polar surface area (TPSA) is 77.3 Å². The van der Waals surface area contributed by atoms with Crippen LogP contribution in [0.1, 0.15) is 0 Å². The minimum Gasteiger partial charge on any atom is -0.265 e. The van der Waals surface area contributed by atoms with Crippen molar-refractivity contribution in [2.24, 2.45) is 0 Å². The first kappa shape index (κ1) is 33.4. The molecule has 270 valence electrons. The first-order valence-electron chi connectivity index (χ1n) is 19.3. The molecule has 7 aromatic carbocycles. The van der Waals surface area contributed by atoms with Crippen molar-refractivity contribution in [2.75, 3.05) is 0 Å². The summed E-state index contributed by atoms with van der Waals surface area (Å²) in [6.45, 7) is 0. The fourth-order valence-corrected chi connectivity index (χ4v) is 8.09. The second-order valence-electron chi connectivity index (χ2n) is 14.3. The van der Waals surface area contributed by atoms with Crippen molar-refractivity contribution >= 4 is 43.2 Å². The molecule has 0 saturated carbocycles. The second-order valence-corrected chi connectivity index (χ2v) is 14.3. The van der Waals surface area contributed by atoms with Gasteiger partial charge in [-0.2, -0.15) is 0 Å². The predicted molar refractivity (Wildman–Crippen MR) is 236 cm³/mol. The third-order valence-electron chi connectivity index (χ3n) is 10.9. The van der Waals surface area contributed by atoms with Crippen LogP contribution in [0.2, 0.25) is 0 Å². The summed E-state index contributed by atoms with van der Waals surface area (Å²) in [7, 11) is 0. The van der Waals surface area contributed by atoms with Gasteiger partial charge in [-0.3, -0.25) is 9.97 Å². The molecule has 6 heteroatoms. The summed E-state index contributed by atoms with van der Waals surface area (Å²) in [5, 5.41) is 8.38. The highest BCUT2D eigenvalue weighted by molar-refractivity contribution is 6.33. The molecule has 0 aliphatic heterocycles. The van der Waals surface area contributed by atoms with Gasteiger partial charge in [-0.25, -0.2) is 19.9 Å². The zero-order valence-electron chi connectivity index (χ0n) is 31.2. The fraction of sp³-hybridized carbons (Fsp3) is 0. The molecule has 0 atom stereocenters. The number of fused-ring (bicyclic) bond motifs is 8. The third-order valence-corrected chi connectivity index (χ3v) is 10.9. The van der Waals surface area contributed by atoms with Crippen molar-refractivity contribution in [3.05, 3.63) is 195 Å². The van der Waals surface area contributed by atoms with Gasteiger partial charge in [-0.05, 0) is 74.1 Å². The van der Waals surface area contributed by atoms with Gasteiger partial charge in [0.05, 0.1) is 11.2 Å². The van der Waals surface area contributed by atoms with Crippen LogP contribution in [0.3, 0.4) is 0 Å². The Morgan fingerprint density at radius 2 is 0.586 bits per heavy atom. The second kappa shape index (κ2) is 14.0. The molecule has 0 N–H and O–H groups in total. The monoisotopic (exact) mass is 740 g/mol. The molecule has 6 nitrogen and oxygen atoms in total. The Morgan fingerprint density at radius 1 is 0.241 bits per heavy atom. The van der Waals surface area contributed by atoms with Gasteiger partial charge in [0.25, 0.3) is 0 Å². The van der Waals surface area contributed by atoms with Gasteiger partial charge in [-0.1, -0.05) is 140 Å². The fourth-order valence-electron chi connectivity index (χ4n) is 8.09. The van der Waals surface area contributed by atoms with Crippen LogP contribution < -0.4 is 0 Å². The van der Waals surface area contributed by atoms with Gasteiger partial charge < -0.3 is 0 Å². The summed E-state index contributed by atoms with van der Waals surface area (Å²) >= 11 is 0. The minimum absolute atomic E-state index is 0.593. The maximum Gasteiger partial charge on any atom is 0.164 e. The van der Waals surface area contributed by atoms with Crippen LogP contribution in [0.25, 0.3) is 111 Å². The summed E-state index contributed by atoms with van der Waals surface area (Å²) in [5.74, 6) is 1.80.